The van der Waals surface area contributed by atoms with Gasteiger partial charge in [0.25, 0.3) is 0 Å². The van der Waals surface area contributed by atoms with Gasteiger partial charge < -0.3 is 10.2 Å². The van der Waals surface area contributed by atoms with Crippen molar-refractivity contribution in [3.63, 3.8) is 0 Å². The molecular formula is C9H16O2. The number of hydrogen-bond acceptors (Lipinski definition) is 2. The number of allylic oxidation sites excluding steroid dienone is 1. The summed E-state index contributed by atoms with van der Waals surface area (Å²) in [4.78, 5) is 0. The zero-order chi connectivity index (χ0) is 8.48. The van der Waals surface area contributed by atoms with Crippen molar-refractivity contribution in [1.82, 2.24) is 0 Å². The minimum Gasteiger partial charge on any atom is -0.393 e. The van der Waals surface area contributed by atoms with Gasteiger partial charge in [0, 0.05) is 0 Å². The summed E-state index contributed by atoms with van der Waals surface area (Å²) in [7, 11) is 0. The minimum atomic E-state index is -0.830. The summed E-state index contributed by atoms with van der Waals surface area (Å²) in [5.41, 5.74) is 1.76. The highest BCUT2D eigenvalue weighted by Gasteiger charge is 2.29. The predicted molar refractivity (Wildman–Crippen MR) is 44.3 cm³/mol. The Kier molecular flexibility index (Phi) is 2.35. The summed E-state index contributed by atoms with van der Waals surface area (Å²) in [6.07, 6.45) is 2.25. The number of rotatable bonds is 1. The third kappa shape index (κ3) is 1.82. The second-order valence-corrected chi connectivity index (χ2v) is 3.62. The van der Waals surface area contributed by atoms with Crippen LogP contribution in [0.5, 0.6) is 0 Å². The van der Waals surface area contributed by atoms with Gasteiger partial charge in [-0.15, -0.1) is 0 Å². The third-order valence-corrected chi connectivity index (χ3v) is 2.58. The van der Waals surface area contributed by atoms with E-state index in [0.29, 0.717) is 12.8 Å². The molecule has 2 heteroatoms. The Morgan fingerprint density at radius 3 is 2.45 bits per heavy atom. The number of aliphatic hydroxyl groups excluding tert-OH is 1. The summed E-state index contributed by atoms with van der Waals surface area (Å²) < 4.78 is 0. The first-order valence-electron chi connectivity index (χ1n) is 4.06. The van der Waals surface area contributed by atoms with Gasteiger partial charge in [0.1, 0.15) is 0 Å². The number of aliphatic hydroxyl groups is 2. The molecule has 11 heavy (non-hydrogen) atoms. The lowest BCUT2D eigenvalue weighted by Crippen LogP contribution is -2.35. The van der Waals surface area contributed by atoms with Crippen molar-refractivity contribution in [2.45, 2.75) is 38.7 Å². The van der Waals surface area contributed by atoms with Crippen molar-refractivity contribution >= 4 is 0 Å². The molecule has 0 saturated carbocycles. The van der Waals surface area contributed by atoms with E-state index in [2.05, 4.69) is 6.92 Å². The molecule has 0 amide bonds. The lowest BCUT2D eigenvalue weighted by atomic mass is 9.82. The van der Waals surface area contributed by atoms with Crippen LogP contribution in [-0.2, 0) is 0 Å². The normalized spacial score (nSPS) is 32.7. The van der Waals surface area contributed by atoms with Crippen LogP contribution in [0.2, 0.25) is 0 Å². The highest BCUT2D eigenvalue weighted by Crippen LogP contribution is 2.31. The van der Waals surface area contributed by atoms with E-state index in [1.165, 1.54) is 11.1 Å². The van der Waals surface area contributed by atoms with Crippen LogP contribution in [0.15, 0.2) is 11.1 Å². The van der Waals surface area contributed by atoms with Crippen LogP contribution in [0.1, 0.15) is 33.1 Å². The molecule has 2 nitrogen and oxygen atoms in total. The maximum atomic E-state index is 9.68. The molecule has 0 bridgehead atoms. The van der Waals surface area contributed by atoms with Gasteiger partial charge in [0.15, 0.2) is 0 Å². The summed E-state index contributed by atoms with van der Waals surface area (Å²) in [6, 6.07) is 0. The summed E-state index contributed by atoms with van der Waals surface area (Å²) in [6.45, 7) is 4.00. The van der Waals surface area contributed by atoms with Gasteiger partial charge in [-0.2, -0.15) is 0 Å². The molecule has 64 valence electrons. The molecule has 1 unspecified atom stereocenters. The van der Waals surface area contributed by atoms with Crippen LogP contribution in [0.25, 0.3) is 0 Å². The van der Waals surface area contributed by atoms with E-state index in [1.54, 1.807) is 0 Å². The van der Waals surface area contributed by atoms with E-state index in [1.807, 2.05) is 6.92 Å². The first kappa shape index (κ1) is 8.75. The summed E-state index contributed by atoms with van der Waals surface area (Å²) >= 11 is 0. The average Bonchev–Trinajstić information content (AvgIpc) is 1.98. The zero-order valence-corrected chi connectivity index (χ0v) is 7.22. The second kappa shape index (κ2) is 2.95. The van der Waals surface area contributed by atoms with Crippen LogP contribution in [0, 0.1) is 0 Å². The summed E-state index contributed by atoms with van der Waals surface area (Å²) in [5.74, 6) is 0. The molecule has 0 fully saturated rings. The topological polar surface area (TPSA) is 40.5 Å². The van der Waals surface area contributed by atoms with E-state index >= 15 is 0 Å². The Hall–Kier alpha value is -0.340. The Labute approximate surface area is 67.6 Å². The van der Waals surface area contributed by atoms with Crippen LogP contribution in [-0.4, -0.2) is 22.4 Å². The van der Waals surface area contributed by atoms with Gasteiger partial charge in [-0.1, -0.05) is 11.1 Å². The molecule has 0 aromatic rings. The van der Waals surface area contributed by atoms with Crippen molar-refractivity contribution in [3.05, 3.63) is 11.1 Å². The molecule has 0 aromatic heterocycles. The first-order chi connectivity index (χ1) is 5.07. The molecule has 0 saturated heterocycles. The fraction of sp³-hybridized carbons (Fsp3) is 0.778. The van der Waals surface area contributed by atoms with E-state index < -0.39 is 5.60 Å². The van der Waals surface area contributed by atoms with Gasteiger partial charge in [-0.05, 0) is 33.1 Å². The fourth-order valence-corrected chi connectivity index (χ4v) is 1.50. The lowest BCUT2D eigenvalue weighted by molar-refractivity contribution is -0.0245. The molecule has 1 aliphatic rings. The SMILES string of the molecule is CC1=C(C)CC(O)(CO)CC1. The van der Waals surface area contributed by atoms with Gasteiger partial charge >= 0.3 is 0 Å². The predicted octanol–water partition coefficient (Wildman–Crippen LogP) is 1.23. The highest BCUT2D eigenvalue weighted by molar-refractivity contribution is 5.17. The molecule has 0 heterocycles. The van der Waals surface area contributed by atoms with Gasteiger partial charge in [0.05, 0.1) is 12.2 Å². The van der Waals surface area contributed by atoms with Crippen molar-refractivity contribution < 1.29 is 10.2 Å². The largest absolute Gasteiger partial charge is 0.393 e. The molecular weight excluding hydrogens is 140 g/mol. The average molecular weight is 156 g/mol. The van der Waals surface area contributed by atoms with E-state index in [9.17, 15) is 5.11 Å². The van der Waals surface area contributed by atoms with Gasteiger partial charge in [-0.25, -0.2) is 0 Å². The molecule has 0 spiro atoms. The second-order valence-electron chi connectivity index (χ2n) is 3.62. The van der Waals surface area contributed by atoms with Gasteiger partial charge in [0.2, 0.25) is 0 Å². The number of hydrogen-bond donors (Lipinski definition) is 2. The highest BCUT2D eigenvalue weighted by atomic mass is 16.3. The molecule has 0 aromatic carbocycles. The maximum Gasteiger partial charge on any atom is 0.0917 e. The van der Waals surface area contributed by atoms with Crippen LogP contribution >= 0.6 is 0 Å². The smallest absolute Gasteiger partial charge is 0.0917 e. The van der Waals surface area contributed by atoms with Crippen molar-refractivity contribution in [2.24, 2.45) is 0 Å². The van der Waals surface area contributed by atoms with Crippen LogP contribution in [0.4, 0.5) is 0 Å². The third-order valence-electron chi connectivity index (χ3n) is 2.58. The van der Waals surface area contributed by atoms with E-state index in [0.717, 1.165) is 6.42 Å². The Balaban J connectivity index is 2.71. The zero-order valence-electron chi connectivity index (χ0n) is 7.22. The molecule has 1 aliphatic carbocycles. The van der Waals surface area contributed by atoms with Gasteiger partial charge in [-0.3, -0.25) is 0 Å². The van der Waals surface area contributed by atoms with E-state index in [4.69, 9.17) is 5.11 Å². The maximum absolute atomic E-state index is 9.68. The molecule has 1 rings (SSSR count). The quantitative estimate of drug-likeness (QED) is 0.560. The van der Waals surface area contributed by atoms with Crippen LogP contribution in [0.3, 0.4) is 0 Å². The lowest BCUT2D eigenvalue weighted by Gasteiger charge is -2.31. The Morgan fingerprint density at radius 2 is 2.00 bits per heavy atom. The van der Waals surface area contributed by atoms with Crippen LogP contribution < -0.4 is 0 Å². The standard InChI is InChI=1S/C9H16O2/c1-7-3-4-9(11,6-10)5-8(7)2/h10-11H,3-6H2,1-2H3. The molecule has 2 N–H and O–H groups in total. The Bertz CT molecular complexity index is 184. The monoisotopic (exact) mass is 156 g/mol. The molecule has 0 aliphatic heterocycles. The fourth-order valence-electron chi connectivity index (χ4n) is 1.50. The van der Waals surface area contributed by atoms with Crippen molar-refractivity contribution in [3.8, 4) is 0 Å². The molecule has 1 atom stereocenters. The van der Waals surface area contributed by atoms with Crippen molar-refractivity contribution in [2.75, 3.05) is 6.61 Å². The minimum absolute atomic E-state index is 0.113. The summed E-state index contributed by atoms with van der Waals surface area (Å²) in [5, 5.41) is 18.6. The van der Waals surface area contributed by atoms with E-state index in [-0.39, 0.29) is 6.61 Å². The molecule has 0 radical (unpaired) electrons. The first-order valence-corrected chi connectivity index (χ1v) is 4.06. The van der Waals surface area contributed by atoms with Crippen molar-refractivity contribution in [1.29, 1.82) is 0 Å². The Morgan fingerprint density at radius 1 is 1.36 bits per heavy atom.